The molecule has 0 atom stereocenters. The quantitative estimate of drug-likeness (QED) is 0.437. The predicted molar refractivity (Wildman–Crippen MR) is 100 cm³/mol. The molecule has 0 aliphatic rings. The van der Waals surface area contributed by atoms with E-state index >= 15 is 0 Å². The molecule has 0 spiro atoms. The van der Waals surface area contributed by atoms with E-state index in [2.05, 4.69) is 48.5 Å². The third-order valence-corrected chi connectivity index (χ3v) is 4.02. The second kappa shape index (κ2) is 8.11. The number of oxime groups is 1. The SMILES string of the molecule is CCc1ccccc1C=NOCc1ccccc1-c1ccccc1. The highest BCUT2D eigenvalue weighted by molar-refractivity contribution is 5.81. The van der Waals surface area contributed by atoms with Crippen LogP contribution < -0.4 is 0 Å². The first kappa shape index (κ1) is 16.0. The highest BCUT2D eigenvalue weighted by Gasteiger charge is 2.04. The smallest absolute Gasteiger partial charge is 0.142 e. The molecule has 0 unspecified atom stereocenters. The second-order valence-electron chi connectivity index (χ2n) is 5.58. The largest absolute Gasteiger partial charge is 0.391 e. The Morgan fingerprint density at radius 1 is 0.792 bits per heavy atom. The summed E-state index contributed by atoms with van der Waals surface area (Å²) in [5, 5.41) is 4.16. The summed E-state index contributed by atoms with van der Waals surface area (Å²) < 4.78 is 0. The molecule has 3 aromatic rings. The standard InChI is InChI=1S/C22H21NO/c1-2-18-10-6-7-13-20(18)16-23-24-17-21-14-8-9-15-22(21)19-11-4-3-5-12-19/h3-16H,2,17H2,1H3. The third kappa shape index (κ3) is 3.90. The zero-order valence-corrected chi connectivity index (χ0v) is 13.9. The summed E-state index contributed by atoms with van der Waals surface area (Å²) in [7, 11) is 0. The van der Waals surface area contributed by atoms with E-state index in [-0.39, 0.29) is 0 Å². The van der Waals surface area contributed by atoms with Crippen molar-refractivity contribution in [3.05, 3.63) is 95.6 Å². The molecule has 3 rings (SSSR count). The van der Waals surface area contributed by atoms with Crippen molar-refractivity contribution in [1.29, 1.82) is 0 Å². The Hall–Kier alpha value is -2.87. The van der Waals surface area contributed by atoms with E-state index in [0.717, 1.165) is 17.5 Å². The van der Waals surface area contributed by atoms with Crippen molar-refractivity contribution in [2.24, 2.45) is 5.16 Å². The van der Waals surface area contributed by atoms with Gasteiger partial charge in [-0.1, -0.05) is 90.9 Å². The Morgan fingerprint density at radius 2 is 1.46 bits per heavy atom. The van der Waals surface area contributed by atoms with Crippen molar-refractivity contribution in [3.63, 3.8) is 0 Å². The van der Waals surface area contributed by atoms with Crippen LogP contribution in [0.4, 0.5) is 0 Å². The number of hydrogen-bond donors (Lipinski definition) is 0. The molecule has 0 saturated heterocycles. The Balaban J connectivity index is 1.71. The van der Waals surface area contributed by atoms with Gasteiger partial charge in [-0.3, -0.25) is 0 Å². The molecule has 0 fully saturated rings. The van der Waals surface area contributed by atoms with Crippen LogP contribution in [0, 0.1) is 0 Å². The molecule has 0 bridgehead atoms. The molecule has 0 amide bonds. The molecule has 0 N–H and O–H groups in total. The molecule has 0 heterocycles. The molecule has 0 radical (unpaired) electrons. The number of rotatable bonds is 6. The van der Waals surface area contributed by atoms with Gasteiger partial charge in [0.2, 0.25) is 0 Å². The fourth-order valence-electron chi connectivity index (χ4n) is 2.73. The van der Waals surface area contributed by atoms with Gasteiger partial charge in [-0.25, -0.2) is 0 Å². The summed E-state index contributed by atoms with van der Waals surface area (Å²) in [5.41, 5.74) is 5.88. The second-order valence-corrected chi connectivity index (χ2v) is 5.58. The Morgan fingerprint density at radius 3 is 2.25 bits per heavy atom. The lowest BCUT2D eigenvalue weighted by molar-refractivity contribution is 0.132. The van der Waals surface area contributed by atoms with Crippen LogP contribution in [0.25, 0.3) is 11.1 Å². The van der Waals surface area contributed by atoms with Gasteiger partial charge in [-0.2, -0.15) is 0 Å². The highest BCUT2D eigenvalue weighted by atomic mass is 16.6. The van der Waals surface area contributed by atoms with Gasteiger partial charge in [-0.05, 0) is 34.2 Å². The molecule has 3 aromatic carbocycles. The lowest BCUT2D eigenvalue weighted by atomic mass is 10.0. The molecule has 24 heavy (non-hydrogen) atoms. The van der Waals surface area contributed by atoms with Crippen LogP contribution in [0.1, 0.15) is 23.6 Å². The van der Waals surface area contributed by atoms with Crippen molar-refractivity contribution >= 4 is 6.21 Å². The molecule has 0 aliphatic heterocycles. The van der Waals surface area contributed by atoms with Crippen LogP contribution in [-0.2, 0) is 17.9 Å². The number of nitrogens with zero attached hydrogens (tertiary/aromatic N) is 1. The van der Waals surface area contributed by atoms with Crippen LogP contribution in [0.3, 0.4) is 0 Å². The zero-order valence-electron chi connectivity index (χ0n) is 13.9. The molecule has 0 aromatic heterocycles. The van der Waals surface area contributed by atoms with Gasteiger partial charge >= 0.3 is 0 Å². The summed E-state index contributed by atoms with van der Waals surface area (Å²) in [6, 6.07) is 26.9. The number of benzene rings is 3. The number of hydrogen-bond acceptors (Lipinski definition) is 2. The molecule has 2 heteroatoms. The first-order valence-corrected chi connectivity index (χ1v) is 8.25. The van der Waals surface area contributed by atoms with Crippen molar-refractivity contribution in [3.8, 4) is 11.1 Å². The fraction of sp³-hybridized carbons (Fsp3) is 0.136. The van der Waals surface area contributed by atoms with Gasteiger partial charge in [0, 0.05) is 0 Å². The van der Waals surface area contributed by atoms with Crippen LogP contribution in [0.2, 0.25) is 0 Å². The van der Waals surface area contributed by atoms with Crippen molar-refractivity contribution in [2.75, 3.05) is 0 Å². The van der Waals surface area contributed by atoms with Gasteiger partial charge in [0.05, 0.1) is 6.21 Å². The Bertz CT molecular complexity index is 809. The first-order valence-electron chi connectivity index (χ1n) is 8.25. The predicted octanol–water partition coefficient (Wildman–Crippen LogP) is 5.47. The minimum atomic E-state index is 0.454. The summed E-state index contributed by atoms with van der Waals surface area (Å²) in [4.78, 5) is 5.55. The fourth-order valence-corrected chi connectivity index (χ4v) is 2.73. The number of aryl methyl sites for hydroxylation is 1. The van der Waals surface area contributed by atoms with Gasteiger partial charge in [0.25, 0.3) is 0 Å². The van der Waals surface area contributed by atoms with E-state index in [4.69, 9.17) is 4.84 Å². The maximum Gasteiger partial charge on any atom is 0.142 e. The van der Waals surface area contributed by atoms with Gasteiger partial charge in [-0.15, -0.1) is 0 Å². The Labute approximate surface area is 143 Å². The van der Waals surface area contributed by atoms with E-state index in [9.17, 15) is 0 Å². The molecule has 120 valence electrons. The van der Waals surface area contributed by atoms with Gasteiger partial charge < -0.3 is 4.84 Å². The molecular formula is C22H21NO. The average molecular weight is 315 g/mol. The topological polar surface area (TPSA) is 21.6 Å². The lowest BCUT2D eigenvalue weighted by Gasteiger charge is -2.08. The van der Waals surface area contributed by atoms with E-state index in [1.165, 1.54) is 16.7 Å². The van der Waals surface area contributed by atoms with E-state index in [1.807, 2.05) is 42.5 Å². The van der Waals surface area contributed by atoms with E-state index < -0.39 is 0 Å². The maximum atomic E-state index is 5.55. The van der Waals surface area contributed by atoms with E-state index in [1.54, 1.807) is 6.21 Å². The summed E-state index contributed by atoms with van der Waals surface area (Å²) in [6.07, 6.45) is 2.78. The average Bonchev–Trinajstić information content (AvgIpc) is 2.66. The van der Waals surface area contributed by atoms with Crippen LogP contribution in [0.15, 0.2) is 84.0 Å². The lowest BCUT2D eigenvalue weighted by Crippen LogP contribution is -1.94. The van der Waals surface area contributed by atoms with Gasteiger partial charge in [0.1, 0.15) is 6.61 Å². The first-order chi connectivity index (χ1) is 11.9. The summed E-state index contributed by atoms with van der Waals surface area (Å²) in [6.45, 7) is 2.60. The minimum Gasteiger partial charge on any atom is -0.391 e. The van der Waals surface area contributed by atoms with Crippen LogP contribution >= 0.6 is 0 Å². The summed E-state index contributed by atoms with van der Waals surface area (Å²) in [5.74, 6) is 0. The van der Waals surface area contributed by atoms with Crippen molar-refractivity contribution < 1.29 is 4.84 Å². The molecular weight excluding hydrogens is 294 g/mol. The third-order valence-electron chi connectivity index (χ3n) is 4.02. The zero-order chi connectivity index (χ0) is 16.6. The van der Waals surface area contributed by atoms with Crippen LogP contribution in [-0.4, -0.2) is 6.21 Å². The molecule has 0 aliphatic carbocycles. The highest BCUT2D eigenvalue weighted by Crippen LogP contribution is 2.23. The molecule has 0 saturated carbocycles. The van der Waals surface area contributed by atoms with E-state index in [0.29, 0.717) is 6.61 Å². The minimum absolute atomic E-state index is 0.454. The monoisotopic (exact) mass is 315 g/mol. The van der Waals surface area contributed by atoms with Gasteiger partial charge in [0.15, 0.2) is 0 Å². The molecule has 2 nitrogen and oxygen atoms in total. The van der Waals surface area contributed by atoms with Crippen molar-refractivity contribution in [2.45, 2.75) is 20.0 Å². The Kier molecular flexibility index (Phi) is 5.41. The maximum absolute atomic E-state index is 5.55. The van der Waals surface area contributed by atoms with Crippen molar-refractivity contribution in [1.82, 2.24) is 0 Å². The summed E-state index contributed by atoms with van der Waals surface area (Å²) >= 11 is 0. The van der Waals surface area contributed by atoms with Crippen LogP contribution in [0.5, 0.6) is 0 Å². The normalized spacial score (nSPS) is 10.9.